The molecule has 94 valence electrons. The predicted octanol–water partition coefficient (Wildman–Crippen LogP) is 1.59. The predicted molar refractivity (Wildman–Crippen MR) is 51.8 cm³/mol. The van der Waals surface area contributed by atoms with Crippen LogP contribution < -0.4 is 5.32 Å². The molecule has 0 fully saturated rings. The van der Waals surface area contributed by atoms with Gasteiger partial charge in [0.15, 0.2) is 6.04 Å². The first kappa shape index (κ1) is 11.7. The molecule has 0 spiro atoms. The fraction of sp³-hybridized carbons (Fsp3) is 0.556. The topological polar surface area (TPSA) is 56.1 Å². The molecule has 1 aromatic rings. The van der Waals surface area contributed by atoms with Crippen LogP contribution in [0, 0.1) is 0 Å². The molecule has 2 heterocycles. The van der Waals surface area contributed by atoms with Crippen molar-refractivity contribution in [2.45, 2.75) is 18.6 Å². The molecule has 8 heteroatoms. The van der Waals surface area contributed by atoms with Gasteiger partial charge in [-0.05, 0) is 6.42 Å². The van der Waals surface area contributed by atoms with E-state index in [9.17, 15) is 18.0 Å². The van der Waals surface area contributed by atoms with Gasteiger partial charge in [0.2, 0.25) is 0 Å². The molecule has 0 saturated heterocycles. The Kier molecular flexibility index (Phi) is 2.72. The lowest BCUT2D eigenvalue weighted by Crippen LogP contribution is -2.34. The summed E-state index contributed by atoms with van der Waals surface area (Å²) >= 11 is 0. The molecule has 1 aromatic heterocycles. The summed E-state index contributed by atoms with van der Waals surface area (Å²) in [4.78, 5) is 11.3. The number of anilines is 1. The summed E-state index contributed by atoms with van der Waals surface area (Å²) in [5.41, 5.74) is 0.0152. The smallest absolute Gasteiger partial charge is 0.410 e. The Morgan fingerprint density at radius 3 is 2.94 bits per heavy atom. The monoisotopic (exact) mass is 249 g/mol. The molecular weight excluding hydrogens is 239 g/mol. The first-order valence-electron chi connectivity index (χ1n) is 4.91. The molecule has 0 radical (unpaired) electrons. The van der Waals surface area contributed by atoms with E-state index in [1.54, 1.807) is 0 Å². The van der Waals surface area contributed by atoms with Gasteiger partial charge in [-0.1, -0.05) is 0 Å². The van der Waals surface area contributed by atoms with E-state index in [0.717, 1.165) is 18.0 Å². The van der Waals surface area contributed by atoms with Crippen LogP contribution in [0.3, 0.4) is 0 Å². The van der Waals surface area contributed by atoms with Crippen LogP contribution in [-0.4, -0.2) is 35.6 Å². The molecule has 0 saturated carbocycles. The number of alkyl halides is 3. The van der Waals surface area contributed by atoms with Gasteiger partial charge in [-0.2, -0.15) is 18.3 Å². The third-order valence-corrected chi connectivity index (χ3v) is 2.58. The van der Waals surface area contributed by atoms with Crippen LogP contribution in [0.25, 0.3) is 0 Å². The number of methoxy groups -OCH3 is 1. The summed E-state index contributed by atoms with van der Waals surface area (Å²) in [7, 11) is 1.16. The number of hydrogen-bond donors (Lipinski definition) is 1. The highest BCUT2D eigenvalue weighted by molar-refractivity contribution is 5.94. The van der Waals surface area contributed by atoms with Crippen LogP contribution in [0.1, 0.15) is 22.8 Å². The third kappa shape index (κ3) is 1.94. The maximum atomic E-state index is 12.7. The summed E-state index contributed by atoms with van der Waals surface area (Å²) < 4.78 is 43.4. The number of carbonyl (C=O) groups is 1. The Labute approximate surface area is 94.5 Å². The largest absolute Gasteiger partial charge is 0.465 e. The SMILES string of the molecule is COC(=O)c1cnn2c1NCCC2C(F)(F)F. The zero-order chi connectivity index (χ0) is 12.6. The Morgan fingerprint density at radius 2 is 2.35 bits per heavy atom. The molecule has 5 nitrogen and oxygen atoms in total. The Bertz CT molecular complexity index is 441. The van der Waals surface area contributed by atoms with Crippen molar-refractivity contribution in [3.63, 3.8) is 0 Å². The Morgan fingerprint density at radius 1 is 1.65 bits per heavy atom. The van der Waals surface area contributed by atoms with Crippen molar-refractivity contribution >= 4 is 11.8 Å². The van der Waals surface area contributed by atoms with E-state index in [1.807, 2.05) is 0 Å². The van der Waals surface area contributed by atoms with Crippen molar-refractivity contribution in [2.75, 3.05) is 19.0 Å². The molecule has 2 rings (SSSR count). The van der Waals surface area contributed by atoms with Crippen molar-refractivity contribution in [2.24, 2.45) is 0 Å². The van der Waals surface area contributed by atoms with Crippen LogP contribution in [0.15, 0.2) is 6.20 Å². The summed E-state index contributed by atoms with van der Waals surface area (Å²) in [5.74, 6) is -0.646. The summed E-state index contributed by atoms with van der Waals surface area (Å²) in [6, 6.07) is -1.70. The number of aromatic nitrogens is 2. The van der Waals surface area contributed by atoms with E-state index in [-0.39, 0.29) is 24.3 Å². The normalized spacial score (nSPS) is 19.4. The van der Waals surface area contributed by atoms with Crippen LogP contribution in [0.4, 0.5) is 19.0 Å². The number of ether oxygens (including phenoxy) is 1. The Hall–Kier alpha value is -1.73. The molecule has 1 atom stereocenters. The van der Waals surface area contributed by atoms with Crippen molar-refractivity contribution in [1.82, 2.24) is 9.78 Å². The van der Waals surface area contributed by atoms with Crippen LogP contribution in [-0.2, 0) is 4.74 Å². The molecule has 0 aromatic carbocycles. The molecule has 17 heavy (non-hydrogen) atoms. The van der Waals surface area contributed by atoms with E-state index in [1.165, 1.54) is 0 Å². The lowest BCUT2D eigenvalue weighted by Gasteiger charge is -2.27. The first-order chi connectivity index (χ1) is 7.95. The van der Waals surface area contributed by atoms with Crippen LogP contribution in [0.2, 0.25) is 0 Å². The molecule has 1 unspecified atom stereocenters. The number of fused-ring (bicyclic) bond motifs is 1. The highest BCUT2D eigenvalue weighted by atomic mass is 19.4. The quantitative estimate of drug-likeness (QED) is 0.768. The maximum Gasteiger partial charge on any atom is 0.410 e. The lowest BCUT2D eigenvalue weighted by atomic mass is 10.1. The van der Waals surface area contributed by atoms with E-state index in [2.05, 4.69) is 15.2 Å². The summed E-state index contributed by atoms with van der Waals surface area (Å²) in [6.07, 6.45) is -3.41. The number of rotatable bonds is 1. The van der Waals surface area contributed by atoms with E-state index in [4.69, 9.17) is 0 Å². The molecule has 0 amide bonds. The fourth-order valence-corrected chi connectivity index (χ4v) is 1.79. The second-order valence-electron chi connectivity index (χ2n) is 3.62. The number of nitrogens with zero attached hydrogens (tertiary/aromatic N) is 2. The highest BCUT2D eigenvalue weighted by Gasteiger charge is 2.44. The summed E-state index contributed by atoms with van der Waals surface area (Å²) in [5, 5.41) is 6.34. The average Bonchev–Trinajstić information content (AvgIpc) is 2.69. The van der Waals surface area contributed by atoms with Crippen molar-refractivity contribution < 1.29 is 22.7 Å². The average molecular weight is 249 g/mol. The standard InChI is InChI=1S/C9H10F3N3O2/c1-17-8(16)5-4-14-15-6(9(10,11)12)2-3-13-7(5)15/h4,6,13H,2-3H2,1H3. The molecule has 0 bridgehead atoms. The second kappa shape index (κ2) is 3.94. The van der Waals surface area contributed by atoms with Gasteiger partial charge in [0.05, 0.1) is 13.3 Å². The van der Waals surface area contributed by atoms with Gasteiger partial charge in [0.1, 0.15) is 11.4 Å². The molecule has 1 N–H and O–H groups in total. The molecule has 0 aliphatic carbocycles. The second-order valence-corrected chi connectivity index (χ2v) is 3.62. The molecular formula is C9H10F3N3O2. The van der Waals surface area contributed by atoms with Crippen LogP contribution >= 0.6 is 0 Å². The van der Waals surface area contributed by atoms with Crippen molar-refractivity contribution in [3.05, 3.63) is 11.8 Å². The number of hydrogen-bond acceptors (Lipinski definition) is 4. The minimum Gasteiger partial charge on any atom is -0.465 e. The van der Waals surface area contributed by atoms with Gasteiger partial charge in [0, 0.05) is 6.54 Å². The molecule has 1 aliphatic rings. The minimum absolute atomic E-state index is 0.0152. The number of carbonyl (C=O) groups excluding carboxylic acids is 1. The van der Waals surface area contributed by atoms with Gasteiger partial charge in [-0.15, -0.1) is 0 Å². The van der Waals surface area contributed by atoms with E-state index < -0.39 is 18.2 Å². The van der Waals surface area contributed by atoms with Gasteiger partial charge < -0.3 is 10.1 Å². The van der Waals surface area contributed by atoms with Crippen molar-refractivity contribution in [3.8, 4) is 0 Å². The lowest BCUT2D eigenvalue weighted by molar-refractivity contribution is -0.171. The maximum absolute atomic E-state index is 12.7. The number of esters is 1. The highest BCUT2D eigenvalue weighted by Crippen LogP contribution is 2.38. The molecule has 1 aliphatic heterocycles. The zero-order valence-corrected chi connectivity index (χ0v) is 8.91. The van der Waals surface area contributed by atoms with Gasteiger partial charge in [-0.25, -0.2) is 9.48 Å². The zero-order valence-electron chi connectivity index (χ0n) is 8.91. The van der Waals surface area contributed by atoms with E-state index >= 15 is 0 Å². The first-order valence-corrected chi connectivity index (χ1v) is 4.91. The Balaban J connectivity index is 2.42. The van der Waals surface area contributed by atoms with E-state index in [0.29, 0.717) is 0 Å². The van der Waals surface area contributed by atoms with Gasteiger partial charge >= 0.3 is 12.1 Å². The van der Waals surface area contributed by atoms with Gasteiger partial charge in [0.25, 0.3) is 0 Å². The van der Waals surface area contributed by atoms with Crippen molar-refractivity contribution in [1.29, 1.82) is 0 Å². The van der Waals surface area contributed by atoms with Gasteiger partial charge in [-0.3, -0.25) is 0 Å². The number of nitrogens with one attached hydrogen (secondary N) is 1. The summed E-state index contributed by atoms with van der Waals surface area (Å²) in [6.45, 7) is 0.139. The fourth-order valence-electron chi connectivity index (χ4n) is 1.79. The minimum atomic E-state index is -4.38. The number of halogens is 3. The third-order valence-electron chi connectivity index (χ3n) is 2.58. The van der Waals surface area contributed by atoms with Crippen LogP contribution in [0.5, 0.6) is 0 Å².